The Morgan fingerprint density at radius 1 is 1.20 bits per heavy atom. The van der Waals surface area contributed by atoms with E-state index in [1.54, 1.807) is 11.8 Å². The highest BCUT2D eigenvalue weighted by molar-refractivity contribution is 7.11. The molecule has 0 spiro atoms. The van der Waals surface area contributed by atoms with Crippen molar-refractivity contribution in [2.45, 2.75) is 20.0 Å². The van der Waals surface area contributed by atoms with Gasteiger partial charge in [0.1, 0.15) is 23.2 Å². The lowest BCUT2D eigenvalue weighted by molar-refractivity contribution is -0.130. The number of ether oxygens (including phenoxy) is 1. The standard InChI is InChI=1S/C21H24ClF2N5O5S/c1-12(30)29-7-5-28(6-8-29)4-2-3-25-21(33)26-19-17(20(31)32)18(27-35-19)34-11-14-15(23)9-13(22)10-16(14)24/h9-10H,2-8,11H2,1H3,(H,31,32)(H2,25,26,33). The molecule has 0 aliphatic carbocycles. The number of rotatable bonds is 9. The molecule has 3 rings (SSSR count). The van der Waals surface area contributed by atoms with Crippen molar-refractivity contribution in [3.63, 3.8) is 0 Å². The Bertz CT molecular complexity index is 1070. The number of carbonyl (C=O) groups is 3. The van der Waals surface area contributed by atoms with Gasteiger partial charge in [0, 0.05) is 44.7 Å². The molecule has 0 atom stereocenters. The molecule has 3 N–H and O–H groups in total. The molecule has 0 radical (unpaired) electrons. The summed E-state index contributed by atoms with van der Waals surface area (Å²) in [5, 5.41) is 14.4. The van der Waals surface area contributed by atoms with Gasteiger partial charge in [-0.25, -0.2) is 18.4 Å². The fourth-order valence-electron chi connectivity index (χ4n) is 3.44. The largest absolute Gasteiger partial charge is 0.477 e. The number of hydrogen-bond acceptors (Lipinski definition) is 7. The lowest BCUT2D eigenvalue weighted by Crippen LogP contribution is -2.48. The van der Waals surface area contributed by atoms with Gasteiger partial charge in [-0.3, -0.25) is 15.0 Å². The number of amides is 3. The highest BCUT2D eigenvalue weighted by Crippen LogP contribution is 2.31. The van der Waals surface area contributed by atoms with E-state index in [-0.39, 0.29) is 21.8 Å². The quantitative estimate of drug-likeness (QED) is 0.425. The number of aromatic carboxylic acids is 1. The third-order valence-corrected chi connectivity index (χ3v) is 6.28. The van der Waals surface area contributed by atoms with Crippen molar-refractivity contribution in [2.24, 2.45) is 0 Å². The second-order valence-corrected chi connectivity index (χ2v) is 8.93. The van der Waals surface area contributed by atoms with Gasteiger partial charge >= 0.3 is 12.0 Å². The summed E-state index contributed by atoms with van der Waals surface area (Å²) in [7, 11) is 0. The summed E-state index contributed by atoms with van der Waals surface area (Å²) in [6.07, 6.45) is 0.661. The van der Waals surface area contributed by atoms with E-state index in [4.69, 9.17) is 16.3 Å². The smallest absolute Gasteiger partial charge is 0.344 e. The molecular formula is C21H24ClF2N5O5S. The second kappa shape index (κ2) is 12.1. The molecule has 14 heteroatoms. The number of piperazine rings is 1. The minimum Gasteiger partial charge on any atom is -0.477 e. The Morgan fingerprint density at radius 2 is 1.86 bits per heavy atom. The van der Waals surface area contributed by atoms with Crippen LogP contribution in [0.5, 0.6) is 5.88 Å². The molecule has 2 aromatic rings. The molecule has 1 saturated heterocycles. The molecule has 1 aliphatic rings. The number of carbonyl (C=O) groups excluding carboxylic acids is 2. The van der Waals surface area contributed by atoms with Crippen LogP contribution in [-0.2, 0) is 11.4 Å². The van der Waals surface area contributed by atoms with Crippen molar-refractivity contribution in [3.8, 4) is 5.88 Å². The lowest BCUT2D eigenvalue weighted by Gasteiger charge is -2.34. The Balaban J connectivity index is 1.49. The number of carboxylic acid groups (broad SMARTS) is 1. The van der Waals surface area contributed by atoms with E-state index in [0.717, 1.165) is 31.8 Å². The first-order valence-electron chi connectivity index (χ1n) is 10.7. The van der Waals surface area contributed by atoms with Gasteiger partial charge in [-0.15, -0.1) is 0 Å². The Labute approximate surface area is 209 Å². The van der Waals surface area contributed by atoms with Gasteiger partial charge < -0.3 is 20.1 Å². The van der Waals surface area contributed by atoms with Crippen LogP contribution >= 0.6 is 23.1 Å². The van der Waals surface area contributed by atoms with E-state index in [1.165, 1.54) is 0 Å². The van der Waals surface area contributed by atoms with Crippen LogP contribution in [0.15, 0.2) is 12.1 Å². The summed E-state index contributed by atoms with van der Waals surface area (Å²) in [6.45, 7) is 4.89. The van der Waals surface area contributed by atoms with Crippen LogP contribution in [0.25, 0.3) is 0 Å². The monoisotopic (exact) mass is 531 g/mol. The average molecular weight is 532 g/mol. The maximum absolute atomic E-state index is 13.9. The Hall–Kier alpha value is -3.03. The summed E-state index contributed by atoms with van der Waals surface area (Å²) >= 11 is 6.25. The highest BCUT2D eigenvalue weighted by atomic mass is 35.5. The minimum atomic E-state index is -1.43. The average Bonchev–Trinajstić information content (AvgIpc) is 3.18. The van der Waals surface area contributed by atoms with Gasteiger partial charge in [0.05, 0.1) is 5.56 Å². The Kier molecular flexibility index (Phi) is 9.18. The molecule has 1 aliphatic heterocycles. The van der Waals surface area contributed by atoms with Gasteiger partial charge in [0.2, 0.25) is 11.8 Å². The van der Waals surface area contributed by atoms with Gasteiger partial charge in [-0.1, -0.05) is 11.6 Å². The number of urea groups is 1. The molecule has 10 nitrogen and oxygen atoms in total. The summed E-state index contributed by atoms with van der Waals surface area (Å²) in [5.74, 6) is -3.63. The third-order valence-electron chi connectivity index (χ3n) is 5.32. The van der Waals surface area contributed by atoms with E-state index in [9.17, 15) is 28.3 Å². The summed E-state index contributed by atoms with van der Waals surface area (Å²) < 4.78 is 37.0. The molecule has 35 heavy (non-hydrogen) atoms. The zero-order valence-corrected chi connectivity index (χ0v) is 20.3. The van der Waals surface area contributed by atoms with E-state index in [2.05, 4.69) is 19.9 Å². The third kappa shape index (κ3) is 7.23. The fourth-order valence-corrected chi connectivity index (χ4v) is 4.35. The predicted octanol–water partition coefficient (Wildman–Crippen LogP) is 3.03. The fraction of sp³-hybridized carbons (Fsp3) is 0.429. The van der Waals surface area contributed by atoms with Gasteiger partial charge in [0.15, 0.2) is 5.56 Å². The number of nitrogens with zero attached hydrogens (tertiary/aromatic N) is 3. The van der Waals surface area contributed by atoms with Crippen LogP contribution in [0.2, 0.25) is 5.02 Å². The van der Waals surface area contributed by atoms with E-state index in [0.29, 0.717) is 37.6 Å². The number of hydrogen-bond donors (Lipinski definition) is 3. The topological polar surface area (TPSA) is 124 Å². The van der Waals surface area contributed by atoms with Crippen LogP contribution in [0.1, 0.15) is 29.3 Å². The predicted molar refractivity (Wildman–Crippen MR) is 125 cm³/mol. The molecule has 0 bridgehead atoms. The summed E-state index contributed by atoms with van der Waals surface area (Å²) in [4.78, 5) is 39.3. The van der Waals surface area contributed by atoms with Crippen molar-refractivity contribution in [3.05, 3.63) is 39.9 Å². The van der Waals surface area contributed by atoms with Crippen molar-refractivity contribution < 1.29 is 33.0 Å². The number of anilines is 1. The molecule has 3 amide bonds. The zero-order valence-electron chi connectivity index (χ0n) is 18.8. The van der Waals surface area contributed by atoms with Crippen LogP contribution in [0.3, 0.4) is 0 Å². The lowest BCUT2D eigenvalue weighted by atomic mass is 10.2. The van der Waals surface area contributed by atoms with Crippen molar-refractivity contribution >= 4 is 46.0 Å². The SMILES string of the molecule is CC(=O)N1CCN(CCCNC(=O)Nc2snc(OCc3c(F)cc(Cl)cc3F)c2C(=O)O)CC1. The van der Waals surface area contributed by atoms with Crippen molar-refractivity contribution in [1.82, 2.24) is 19.5 Å². The van der Waals surface area contributed by atoms with Gasteiger partial charge in [-0.2, -0.15) is 4.37 Å². The Morgan fingerprint density at radius 3 is 2.46 bits per heavy atom. The molecule has 0 saturated carbocycles. The van der Waals surface area contributed by atoms with E-state index >= 15 is 0 Å². The van der Waals surface area contributed by atoms with Crippen LogP contribution in [0.4, 0.5) is 18.6 Å². The maximum Gasteiger partial charge on any atom is 0.344 e. The van der Waals surface area contributed by atoms with E-state index in [1.807, 2.05) is 0 Å². The van der Waals surface area contributed by atoms with E-state index < -0.39 is 41.4 Å². The number of nitrogens with one attached hydrogen (secondary N) is 2. The first-order valence-corrected chi connectivity index (χ1v) is 11.8. The number of benzene rings is 1. The zero-order chi connectivity index (χ0) is 25.5. The number of aromatic nitrogens is 1. The highest BCUT2D eigenvalue weighted by Gasteiger charge is 2.24. The van der Waals surface area contributed by atoms with Gasteiger partial charge in [-0.05, 0) is 36.6 Å². The first-order chi connectivity index (χ1) is 16.7. The molecular weight excluding hydrogens is 508 g/mol. The molecule has 1 fully saturated rings. The van der Waals surface area contributed by atoms with Crippen molar-refractivity contribution in [1.29, 1.82) is 0 Å². The van der Waals surface area contributed by atoms with Crippen LogP contribution < -0.4 is 15.4 Å². The molecule has 2 heterocycles. The molecule has 1 aromatic heterocycles. The minimum absolute atomic E-state index is 0.0599. The molecule has 190 valence electrons. The second-order valence-electron chi connectivity index (χ2n) is 7.72. The maximum atomic E-state index is 13.9. The van der Waals surface area contributed by atoms with Crippen LogP contribution in [0, 0.1) is 11.6 Å². The summed E-state index contributed by atoms with van der Waals surface area (Å²) in [5.41, 5.74) is -0.864. The number of carboxylic acids is 1. The molecule has 1 aromatic carbocycles. The number of halogens is 3. The first kappa shape index (κ1) is 26.6. The van der Waals surface area contributed by atoms with Crippen molar-refractivity contribution in [2.75, 3.05) is 44.6 Å². The normalized spacial score (nSPS) is 14.0. The molecule has 0 unspecified atom stereocenters. The van der Waals surface area contributed by atoms with Crippen LogP contribution in [-0.4, -0.2) is 76.5 Å². The summed E-state index contributed by atoms with van der Waals surface area (Å²) in [6, 6.07) is 1.19. The van der Waals surface area contributed by atoms with Gasteiger partial charge in [0.25, 0.3) is 0 Å².